The summed E-state index contributed by atoms with van der Waals surface area (Å²) in [5.74, 6) is 1.77. The Bertz CT molecular complexity index is 1610. The van der Waals surface area contributed by atoms with Crippen LogP contribution < -0.4 is 41.6 Å². The quantitative estimate of drug-likeness (QED) is 0.119. The Hall–Kier alpha value is -3.98. The second-order valence-corrected chi connectivity index (χ2v) is 11.8. The van der Waals surface area contributed by atoms with Crippen LogP contribution in [0.25, 0.3) is 4.85 Å². The Kier molecular flexibility index (Phi) is 15.7. The molecular formula is C32H41B3ClN3O11. The minimum atomic E-state index is -0.949. The fraction of sp³-hybridized carbons (Fsp3) is 0.375. The molecule has 3 heterocycles. The van der Waals surface area contributed by atoms with Crippen molar-refractivity contribution < 1.29 is 52.8 Å². The summed E-state index contributed by atoms with van der Waals surface area (Å²) in [6.45, 7) is 14.7. The molecule has 1 amide bonds. The highest BCUT2D eigenvalue weighted by molar-refractivity contribution is 6.63. The molecule has 18 heteroatoms. The minimum absolute atomic E-state index is 0. The number of halogens is 1. The Labute approximate surface area is 298 Å². The van der Waals surface area contributed by atoms with E-state index in [4.69, 9.17) is 45.2 Å². The summed E-state index contributed by atoms with van der Waals surface area (Å²) >= 11 is 0. The largest absolute Gasteiger partial charge is 0.495 e. The molecule has 6 rings (SSSR count). The first kappa shape index (κ1) is 40.5. The van der Waals surface area contributed by atoms with Gasteiger partial charge in [0.15, 0.2) is 0 Å². The van der Waals surface area contributed by atoms with E-state index in [1.807, 2.05) is 42.5 Å². The van der Waals surface area contributed by atoms with Gasteiger partial charge in [0.25, 0.3) is 0 Å². The van der Waals surface area contributed by atoms with Crippen LogP contribution in [0.15, 0.2) is 54.6 Å². The van der Waals surface area contributed by atoms with E-state index in [1.54, 1.807) is 32.9 Å². The van der Waals surface area contributed by atoms with Crippen LogP contribution in [-0.4, -0.2) is 81.2 Å². The van der Waals surface area contributed by atoms with E-state index in [0.29, 0.717) is 67.7 Å². The lowest BCUT2D eigenvalue weighted by atomic mass is 9.79. The fourth-order valence-corrected chi connectivity index (χ4v) is 5.02. The third kappa shape index (κ3) is 11.3. The van der Waals surface area contributed by atoms with Crippen LogP contribution >= 0.6 is 12.4 Å². The lowest BCUT2D eigenvalue weighted by Crippen LogP contribution is -2.35. The van der Waals surface area contributed by atoms with Crippen molar-refractivity contribution >= 4 is 56.2 Å². The zero-order chi connectivity index (χ0) is 35.4. The van der Waals surface area contributed by atoms with Crippen LogP contribution in [-0.2, 0) is 38.5 Å². The molecule has 6 N–H and O–H groups in total. The van der Waals surface area contributed by atoms with Crippen LogP contribution in [0.5, 0.6) is 17.2 Å². The molecule has 0 saturated heterocycles. The maximum absolute atomic E-state index is 11.5. The molecule has 0 bridgehead atoms. The molecular weight excluding hydrogens is 670 g/mol. The first-order valence-corrected chi connectivity index (χ1v) is 15.6. The van der Waals surface area contributed by atoms with Crippen LogP contribution in [0.3, 0.4) is 0 Å². The Morgan fingerprint density at radius 1 is 0.800 bits per heavy atom. The van der Waals surface area contributed by atoms with Crippen LogP contribution in [0, 0.1) is 6.57 Å². The van der Waals surface area contributed by atoms with Crippen molar-refractivity contribution in [3.8, 4) is 17.2 Å². The molecule has 0 atom stereocenters. The molecule has 0 radical (unpaired) electrons. The molecule has 266 valence electrons. The minimum Gasteiger partial charge on any atom is -0.493 e. The van der Waals surface area contributed by atoms with E-state index in [1.165, 1.54) is 0 Å². The standard InChI is InChI=1S/C14H20BNO5.C9H8BNO3.C9H12BNO3.ClH/c1-14(2,3)21-13(17)16-7-8-19-11-6-4-5-10-9-20-15(18)12(10)11;1-11-6-13-8-4-2-3-7-5-14-10(12)9(7)8;11-4-5-13-8-3-1-2-7-6-14-10(12)9(7)8;/h4-6,18H,7-9H2,1-3H3,(H,16,17);2-4,12H,5-6H2;1-3,12H,4-6,11H2;1H. The van der Waals surface area contributed by atoms with Gasteiger partial charge in [-0.25, -0.2) is 11.4 Å². The molecule has 3 aliphatic rings. The van der Waals surface area contributed by atoms with Gasteiger partial charge in [-0.15, -0.1) is 12.4 Å². The first-order chi connectivity index (χ1) is 23.5. The molecule has 14 nitrogen and oxygen atoms in total. The van der Waals surface area contributed by atoms with Crippen molar-refractivity contribution in [1.82, 2.24) is 5.32 Å². The van der Waals surface area contributed by atoms with Crippen molar-refractivity contribution in [2.45, 2.75) is 46.2 Å². The van der Waals surface area contributed by atoms with Gasteiger partial charge in [-0.3, -0.25) is 4.85 Å². The predicted octanol–water partition coefficient (Wildman–Crippen LogP) is 0.631. The topological polar surface area (TPSA) is 185 Å². The van der Waals surface area contributed by atoms with Gasteiger partial charge in [0.2, 0.25) is 0 Å². The summed E-state index contributed by atoms with van der Waals surface area (Å²) in [6, 6.07) is 16.5. The van der Waals surface area contributed by atoms with Gasteiger partial charge in [-0.2, -0.15) is 0 Å². The fourth-order valence-electron chi connectivity index (χ4n) is 5.02. The lowest BCUT2D eigenvalue weighted by Gasteiger charge is -2.19. The van der Waals surface area contributed by atoms with Crippen molar-refractivity contribution in [2.24, 2.45) is 5.73 Å². The molecule has 3 aromatic rings. The zero-order valence-electron chi connectivity index (χ0n) is 28.1. The van der Waals surface area contributed by atoms with Gasteiger partial charge >= 0.3 is 34.2 Å². The van der Waals surface area contributed by atoms with Crippen LogP contribution in [0.1, 0.15) is 37.5 Å². The van der Waals surface area contributed by atoms with Crippen molar-refractivity contribution in [3.05, 3.63) is 82.7 Å². The molecule has 0 saturated carbocycles. The zero-order valence-corrected chi connectivity index (χ0v) is 28.9. The van der Waals surface area contributed by atoms with Gasteiger partial charge in [0.05, 0.1) is 26.4 Å². The van der Waals surface area contributed by atoms with Crippen molar-refractivity contribution in [1.29, 1.82) is 0 Å². The number of amides is 1. The Balaban J connectivity index is 0.000000207. The van der Waals surface area contributed by atoms with E-state index in [9.17, 15) is 19.9 Å². The lowest BCUT2D eigenvalue weighted by molar-refractivity contribution is 0.0520. The summed E-state index contributed by atoms with van der Waals surface area (Å²) in [6.07, 6.45) is -0.479. The maximum atomic E-state index is 11.5. The number of rotatable bonds is 9. The van der Waals surface area contributed by atoms with Crippen LogP contribution in [0.2, 0.25) is 0 Å². The number of nitrogens with zero attached hydrogens (tertiary/aromatic N) is 1. The number of benzene rings is 3. The smallest absolute Gasteiger partial charge is 0.493 e. The number of carbonyl (C=O) groups is 1. The number of nitrogens with one attached hydrogen (secondary N) is 1. The second kappa shape index (κ2) is 19.4. The highest BCUT2D eigenvalue weighted by atomic mass is 35.5. The molecule has 3 aromatic carbocycles. The summed E-state index contributed by atoms with van der Waals surface area (Å²) in [4.78, 5) is 14.5. The number of hydrogen-bond acceptors (Lipinski definition) is 12. The Morgan fingerprint density at radius 2 is 1.22 bits per heavy atom. The SMILES string of the molecule is CC(C)(C)OC(=O)NCCOc1cccc2c1B(O)OC2.Cl.NCCOc1cccc2c1B(O)OC2.[C-]#[N+]COc1cccc2c1B(O)OC2. The molecule has 3 aliphatic heterocycles. The monoisotopic (exact) mass is 711 g/mol. The van der Waals surface area contributed by atoms with Crippen LogP contribution in [0.4, 0.5) is 4.79 Å². The molecule has 0 spiro atoms. The number of alkyl carbamates (subject to hydrolysis) is 1. The maximum Gasteiger partial charge on any atom is 0.495 e. The number of fused-ring (bicyclic) bond motifs is 3. The predicted molar refractivity (Wildman–Crippen MR) is 190 cm³/mol. The molecule has 0 aromatic heterocycles. The van der Waals surface area contributed by atoms with E-state index >= 15 is 0 Å². The average Bonchev–Trinajstić information content (AvgIpc) is 3.78. The summed E-state index contributed by atoms with van der Waals surface area (Å²) in [7, 11) is -2.74. The number of nitrogens with two attached hydrogens (primary N) is 1. The number of ether oxygens (including phenoxy) is 4. The van der Waals surface area contributed by atoms with Gasteiger partial charge in [0.1, 0.15) is 36.1 Å². The van der Waals surface area contributed by atoms with Crippen molar-refractivity contribution in [3.63, 3.8) is 0 Å². The third-order valence-corrected chi connectivity index (χ3v) is 7.09. The highest BCUT2D eigenvalue weighted by Crippen LogP contribution is 2.20. The Morgan fingerprint density at radius 3 is 1.62 bits per heavy atom. The summed E-state index contributed by atoms with van der Waals surface area (Å²) in [5.41, 5.74) is 9.68. The average molecular weight is 712 g/mol. The third-order valence-electron chi connectivity index (χ3n) is 7.09. The molecule has 50 heavy (non-hydrogen) atoms. The number of hydrogen-bond donors (Lipinski definition) is 5. The second-order valence-electron chi connectivity index (χ2n) is 11.8. The summed E-state index contributed by atoms with van der Waals surface area (Å²) < 4.78 is 36.6. The van der Waals surface area contributed by atoms with Gasteiger partial charge in [-0.1, -0.05) is 36.4 Å². The van der Waals surface area contributed by atoms with E-state index in [-0.39, 0.29) is 25.7 Å². The van der Waals surface area contributed by atoms with E-state index < -0.39 is 33.0 Å². The summed E-state index contributed by atoms with van der Waals surface area (Å²) in [5, 5.41) is 31.4. The molecule has 0 unspecified atom stereocenters. The number of carbonyl (C=O) groups excluding carboxylic acids is 1. The highest BCUT2D eigenvalue weighted by Gasteiger charge is 2.32. The van der Waals surface area contributed by atoms with Crippen molar-refractivity contribution in [2.75, 3.05) is 33.0 Å². The van der Waals surface area contributed by atoms with E-state index in [0.717, 1.165) is 22.2 Å². The molecule has 0 fully saturated rings. The van der Waals surface area contributed by atoms with Gasteiger partial charge < -0.3 is 59.0 Å². The van der Waals surface area contributed by atoms with E-state index in [2.05, 4.69) is 10.2 Å². The normalized spacial score (nSPS) is 13.6. The van der Waals surface area contributed by atoms with Gasteiger partial charge in [-0.05, 0) is 55.7 Å². The van der Waals surface area contributed by atoms with Gasteiger partial charge in [0, 0.05) is 22.9 Å². The first-order valence-electron chi connectivity index (χ1n) is 15.6. The molecule has 0 aliphatic carbocycles.